The number of piperazine rings is 1. The number of carbonyl (C=O) groups excluding carboxylic acids is 2. The number of esters is 1. The maximum Gasteiger partial charge on any atom is 0.374 e. The lowest BCUT2D eigenvalue weighted by atomic mass is 10.3. The molecule has 1 aliphatic rings. The van der Waals surface area contributed by atoms with E-state index in [-0.39, 0.29) is 49.5 Å². The minimum absolute atomic E-state index is 0.154. The van der Waals surface area contributed by atoms with Gasteiger partial charge >= 0.3 is 5.97 Å². The Kier molecular flexibility index (Phi) is 6.76. The fourth-order valence-electron chi connectivity index (χ4n) is 2.40. The lowest BCUT2D eigenvalue weighted by Gasteiger charge is -2.32. The molecule has 1 saturated heterocycles. The minimum Gasteiger partial charge on any atom is -0.460 e. The third-order valence-corrected chi connectivity index (χ3v) is 5.52. The van der Waals surface area contributed by atoms with Crippen molar-refractivity contribution in [3.05, 3.63) is 42.2 Å². The molecule has 0 N–H and O–H groups in total. The molecule has 1 aliphatic heterocycles. The number of ether oxygens (including phenoxy) is 1. The first-order chi connectivity index (χ1) is 12.4. The molecular weight excluding hydrogens is 360 g/mol. The third kappa shape index (κ3) is 4.61. The van der Waals surface area contributed by atoms with Gasteiger partial charge in [0.25, 0.3) is 10.0 Å². The second-order valence-electron chi connectivity index (χ2n) is 5.45. The van der Waals surface area contributed by atoms with E-state index in [1.165, 1.54) is 22.5 Å². The quantitative estimate of drug-likeness (QED) is 0.419. The summed E-state index contributed by atoms with van der Waals surface area (Å²) in [4.78, 5) is 25.2. The van der Waals surface area contributed by atoms with Gasteiger partial charge in [0.05, 0.1) is 6.61 Å². The van der Waals surface area contributed by atoms with Crippen LogP contribution in [0, 0.1) is 0 Å². The standard InChI is InChI=1S/C17H22N2O6S/c1-3-5-6-7-15(20)18-10-12-19(13-11-18)26(22,23)16-9-8-14(25-16)17(21)24-4-2/h3,5-9H,4,10-13H2,1-2H3. The van der Waals surface area contributed by atoms with Crippen LogP contribution in [0.2, 0.25) is 0 Å². The average Bonchev–Trinajstić information content (AvgIpc) is 3.13. The lowest BCUT2D eigenvalue weighted by molar-refractivity contribution is -0.127. The zero-order chi connectivity index (χ0) is 19.2. The van der Waals surface area contributed by atoms with Crippen LogP contribution in [0.4, 0.5) is 0 Å². The summed E-state index contributed by atoms with van der Waals surface area (Å²) in [5.74, 6) is -1.03. The van der Waals surface area contributed by atoms with Gasteiger partial charge in [-0.25, -0.2) is 13.2 Å². The molecule has 0 aliphatic carbocycles. The molecule has 142 valence electrons. The number of amides is 1. The van der Waals surface area contributed by atoms with E-state index in [2.05, 4.69) is 0 Å². The Hall–Kier alpha value is -2.39. The topological polar surface area (TPSA) is 97.1 Å². The molecule has 2 heterocycles. The van der Waals surface area contributed by atoms with Crippen molar-refractivity contribution in [1.29, 1.82) is 0 Å². The van der Waals surface area contributed by atoms with Crippen LogP contribution in [0.3, 0.4) is 0 Å². The van der Waals surface area contributed by atoms with E-state index in [4.69, 9.17) is 9.15 Å². The van der Waals surface area contributed by atoms with E-state index in [1.807, 2.05) is 13.0 Å². The molecule has 0 bridgehead atoms. The number of allylic oxidation sites excluding steroid dienone is 3. The molecule has 0 aromatic carbocycles. The maximum absolute atomic E-state index is 12.6. The Balaban J connectivity index is 2.01. The summed E-state index contributed by atoms with van der Waals surface area (Å²) in [6, 6.07) is 2.51. The Labute approximate surface area is 152 Å². The van der Waals surface area contributed by atoms with Crippen LogP contribution in [-0.4, -0.2) is 62.3 Å². The monoisotopic (exact) mass is 382 g/mol. The van der Waals surface area contributed by atoms with Crippen LogP contribution in [0.25, 0.3) is 0 Å². The molecule has 1 fully saturated rings. The largest absolute Gasteiger partial charge is 0.460 e. The number of carbonyl (C=O) groups is 2. The Morgan fingerprint density at radius 3 is 2.50 bits per heavy atom. The molecule has 0 atom stereocenters. The number of furan rings is 1. The molecule has 8 nitrogen and oxygen atoms in total. The second-order valence-corrected chi connectivity index (χ2v) is 7.32. The van der Waals surface area contributed by atoms with Crippen molar-refractivity contribution < 1.29 is 27.2 Å². The minimum atomic E-state index is -3.87. The van der Waals surface area contributed by atoms with E-state index in [0.717, 1.165) is 0 Å². The molecule has 0 radical (unpaired) electrons. The van der Waals surface area contributed by atoms with Crippen LogP contribution in [0.1, 0.15) is 24.4 Å². The van der Waals surface area contributed by atoms with E-state index in [0.29, 0.717) is 0 Å². The van der Waals surface area contributed by atoms with Crippen LogP contribution in [0.5, 0.6) is 0 Å². The number of hydrogen-bond acceptors (Lipinski definition) is 6. The van der Waals surface area contributed by atoms with Gasteiger partial charge in [0.15, 0.2) is 0 Å². The summed E-state index contributed by atoms with van der Waals surface area (Å²) >= 11 is 0. The molecule has 0 unspecified atom stereocenters. The first kappa shape index (κ1) is 19.9. The van der Waals surface area contributed by atoms with Gasteiger partial charge in [-0.2, -0.15) is 4.31 Å². The van der Waals surface area contributed by atoms with Gasteiger partial charge in [0.2, 0.25) is 16.8 Å². The number of sulfonamides is 1. The van der Waals surface area contributed by atoms with Gasteiger partial charge in [0, 0.05) is 32.3 Å². The predicted octanol–water partition coefficient (Wildman–Crippen LogP) is 1.42. The van der Waals surface area contributed by atoms with Crippen LogP contribution < -0.4 is 0 Å². The smallest absolute Gasteiger partial charge is 0.374 e. The fraction of sp³-hybridized carbons (Fsp3) is 0.412. The van der Waals surface area contributed by atoms with Gasteiger partial charge in [0.1, 0.15) is 0 Å². The maximum atomic E-state index is 12.6. The van der Waals surface area contributed by atoms with E-state index in [9.17, 15) is 18.0 Å². The second kappa shape index (κ2) is 8.81. The van der Waals surface area contributed by atoms with Gasteiger partial charge in [-0.15, -0.1) is 0 Å². The van der Waals surface area contributed by atoms with Crippen molar-refractivity contribution in [2.24, 2.45) is 0 Å². The number of rotatable bonds is 6. The highest BCUT2D eigenvalue weighted by Gasteiger charge is 2.32. The Morgan fingerprint density at radius 1 is 1.19 bits per heavy atom. The summed E-state index contributed by atoms with van der Waals surface area (Å²) in [7, 11) is -3.87. The van der Waals surface area contributed by atoms with Gasteiger partial charge in [-0.3, -0.25) is 4.79 Å². The molecule has 9 heteroatoms. The summed E-state index contributed by atoms with van der Waals surface area (Å²) in [5.41, 5.74) is 0. The summed E-state index contributed by atoms with van der Waals surface area (Å²) < 4.78 is 36.4. The normalized spacial score (nSPS) is 16.5. The van der Waals surface area contributed by atoms with Gasteiger partial charge < -0.3 is 14.1 Å². The fourth-order valence-corrected chi connectivity index (χ4v) is 3.73. The van der Waals surface area contributed by atoms with Crippen molar-refractivity contribution >= 4 is 21.9 Å². The average molecular weight is 382 g/mol. The van der Waals surface area contributed by atoms with E-state index >= 15 is 0 Å². The molecule has 1 amide bonds. The highest BCUT2D eigenvalue weighted by Crippen LogP contribution is 2.21. The Morgan fingerprint density at radius 2 is 1.88 bits per heavy atom. The van der Waals surface area contributed by atoms with Crippen molar-refractivity contribution in [1.82, 2.24) is 9.21 Å². The highest BCUT2D eigenvalue weighted by atomic mass is 32.2. The zero-order valence-electron chi connectivity index (χ0n) is 14.8. The van der Waals surface area contributed by atoms with Crippen LogP contribution in [-0.2, 0) is 19.6 Å². The van der Waals surface area contributed by atoms with Crippen LogP contribution in [0.15, 0.2) is 45.9 Å². The van der Waals surface area contributed by atoms with E-state index < -0.39 is 16.0 Å². The molecule has 1 aromatic rings. The molecule has 1 aromatic heterocycles. The van der Waals surface area contributed by atoms with Crippen molar-refractivity contribution in [3.63, 3.8) is 0 Å². The first-order valence-electron chi connectivity index (χ1n) is 8.25. The predicted molar refractivity (Wildman–Crippen MR) is 94.0 cm³/mol. The molecule has 0 saturated carbocycles. The summed E-state index contributed by atoms with van der Waals surface area (Å²) in [5, 5.41) is -0.312. The Bertz CT molecular complexity index is 801. The van der Waals surface area contributed by atoms with Crippen LogP contribution >= 0.6 is 0 Å². The molecular formula is C17H22N2O6S. The molecule has 26 heavy (non-hydrogen) atoms. The van der Waals surface area contributed by atoms with E-state index in [1.54, 1.807) is 24.0 Å². The highest BCUT2D eigenvalue weighted by molar-refractivity contribution is 7.89. The first-order valence-corrected chi connectivity index (χ1v) is 9.69. The van der Waals surface area contributed by atoms with Gasteiger partial charge in [-0.1, -0.05) is 18.2 Å². The summed E-state index contributed by atoms with van der Waals surface area (Å²) in [6.07, 6.45) is 6.65. The van der Waals surface area contributed by atoms with Crippen molar-refractivity contribution in [3.8, 4) is 0 Å². The molecule has 2 rings (SSSR count). The number of nitrogens with zero attached hydrogens (tertiary/aromatic N) is 2. The van der Waals surface area contributed by atoms with Gasteiger partial charge in [-0.05, 0) is 26.0 Å². The summed E-state index contributed by atoms with van der Waals surface area (Å²) in [6.45, 7) is 4.53. The van der Waals surface area contributed by atoms with Crippen molar-refractivity contribution in [2.75, 3.05) is 32.8 Å². The zero-order valence-corrected chi connectivity index (χ0v) is 15.6. The SMILES string of the molecule is CC=CC=CC(=O)N1CCN(S(=O)(=O)c2ccc(C(=O)OCC)o2)CC1. The molecule has 0 spiro atoms. The van der Waals surface area contributed by atoms with Crippen molar-refractivity contribution in [2.45, 2.75) is 18.9 Å². The third-order valence-electron chi connectivity index (χ3n) is 3.74. The number of hydrogen-bond donors (Lipinski definition) is 0. The lowest BCUT2D eigenvalue weighted by Crippen LogP contribution is -2.50.